The number of imide groups is 1. The molecule has 9 heteroatoms. The Labute approximate surface area is 182 Å². The van der Waals surface area contributed by atoms with Gasteiger partial charge in [0.1, 0.15) is 17.3 Å². The van der Waals surface area contributed by atoms with Gasteiger partial charge in [-0.3, -0.25) is 19.7 Å². The van der Waals surface area contributed by atoms with Crippen molar-refractivity contribution in [2.45, 2.75) is 6.42 Å². The number of nitro benzene ring substituents is 1. The van der Waals surface area contributed by atoms with Crippen molar-refractivity contribution < 1.29 is 23.7 Å². The highest BCUT2D eigenvalue weighted by atomic mass is 16.6. The number of amides is 2. The van der Waals surface area contributed by atoms with Crippen LogP contribution in [0.3, 0.4) is 0 Å². The number of methoxy groups -OCH3 is 1. The summed E-state index contributed by atoms with van der Waals surface area (Å²) in [5.41, 5.74) is 0.450. The van der Waals surface area contributed by atoms with Crippen LogP contribution in [0.25, 0.3) is 11.3 Å². The van der Waals surface area contributed by atoms with Gasteiger partial charge in [-0.15, -0.1) is 0 Å². The molecule has 0 spiro atoms. The molecule has 0 N–H and O–H groups in total. The van der Waals surface area contributed by atoms with E-state index in [2.05, 4.69) is 17.3 Å². The second kappa shape index (κ2) is 6.62. The molecular weight excluding hydrogens is 414 g/mol. The van der Waals surface area contributed by atoms with Crippen molar-refractivity contribution in [3.63, 3.8) is 0 Å². The number of furan rings is 1. The van der Waals surface area contributed by atoms with Crippen LogP contribution in [0.1, 0.15) is 12.2 Å². The Hall–Kier alpha value is -3.75. The summed E-state index contributed by atoms with van der Waals surface area (Å²) in [6.07, 6.45) is 6.70. The Morgan fingerprint density at radius 3 is 2.44 bits per heavy atom. The SMILES string of the molecule is COc1cc([N+](=O)[O-])ccc1-c1ccc(/C=N\N2C(=O)[C@@H]3[C@H]4C=C[C@@H]([C@@H]5C[C@H]45)[C@H]3C2=O)o1. The fourth-order valence-corrected chi connectivity index (χ4v) is 5.73. The van der Waals surface area contributed by atoms with Crippen LogP contribution < -0.4 is 4.74 Å². The largest absolute Gasteiger partial charge is 0.496 e. The normalized spacial score (nSPS) is 31.8. The zero-order valence-corrected chi connectivity index (χ0v) is 17.1. The van der Waals surface area contributed by atoms with E-state index in [1.54, 1.807) is 18.2 Å². The lowest BCUT2D eigenvalue weighted by Gasteiger charge is -2.37. The van der Waals surface area contributed by atoms with Gasteiger partial charge in [0.2, 0.25) is 0 Å². The van der Waals surface area contributed by atoms with Crippen LogP contribution in [0.15, 0.2) is 52.0 Å². The van der Waals surface area contributed by atoms with Crippen LogP contribution in [-0.2, 0) is 9.59 Å². The first-order valence-electron chi connectivity index (χ1n) is 10.5. The average Bonchev–Trinajstić information content (AvgIpc) is 3.44. The number of carbonyl (C=O) groups is 2. The standard InChI is InChI=1S/C23H19N3O6/c1-31-19-8-11(26(29)30)2-4-15(19)18-7-3-12(32-18)10-24-25-22(27)20-13-5-6-14(17-9-16(13)17)21(20)23(25)28/h2-8,10,13-14,16-17,20-21H,9H2,1H3/b24-10-/t13-,14-,16-,17+,20+,21+/m0/s1. The molecule has 1 saturated heterocycles. The summed E-state index contributed by atoms with van der Waals surface area (Å²) in [6, 6.07) is 7.56. The second-order valence-corrected chi connectivity index (χ2v) is 8.73. The topological polar surface area (TPSA) is 115 Å². The molecule has 0 radical (unpaired) electrons. The first kappa shape index (κ1) is 19.0. The van der Waals surface area contributed by atoms with Crippen molar-refractivity contribution >= 4 is 23.7 Å². The average molecular weight is 433 g/mol. The van der Waals surface area contributed by atoms with Gasteiger partial charge in [0.25, 0.3) is 17.5 Å². The van der Waals surface area contributed by atoms with Crippen molar-refractivity contribution in [3.05, 3.63) is 58.4 Å². The van der Waals surface area contributed by atoms with Gasteiger partial charge in [0, 0.05) is 6.07 Å². The Balaban J connectivity index is 1.24. The van der Waals surface area contributed by atoms with Gasteiger partial charge in [-0.1, -0.05) is 12.2 Å². The quantitative estimate of drug-likeness (QED) is 0.235. The van der Waals surface area contributed by atoms with E-state index in [4.69, 9.17) is 9.15 Å². The maximum atomic E-state index is 13.0. The Morgan fingerprint density at radius 1 is 1.12 bits per heavy atom. The molecule has 1 aromatic carbocycles. The van der Waals surface area contributed by atoms with Gasteiger partial charge >= 0.3 is 0 Å². The van der Waals surface area contributed by atoms with Crippen molar-refractivity contribution in [2.24, 2.45) is 40.6 Å². The molecule has 4 aliphatic carbocycles. The smallest absolute Gasteiger partial charge is 0.273 e. The monoisotopic (exact) mass is 433 g/mol. The van der Waals surface area contributed by atoms with E-state index in [1.807, 2.05) is 0 Å². The highest BCUT2D eigenvalue weighted by Gasteiger charge is 2.67. The van der Waals surface area contributed by atoms with Gasteiger partial charge < -0.3 is 9.15 Å². The van der Waals surface area contributed by atoms with Crippen LogP contribution in [0.4, 0.5) is 5.69 Å². The molecular formula is C23H19N3O6. The minimum Gasteiger partial charge on any atom is -0.496 e. The summed E-state index contributed by atoms with van der Waals surface area (Å²) in [5.74, 6) is 1.39. The summed E-state index contributed by atoms with van der Waals surface area (Å²) in [7, 11) is 1.42. The lowest BCUT2D eigenvalue weighted by molar-refractivity contribution is -0.384. The molecule has 32 heavy (non-hydrogen) atoms. The van der Waals surface area contributed by atoms with E-state index in [0.29, 0.717) is 34.7 Å². The molecule has 2 amide bonds. The number of allylic oxidation sites excluding steroid dienone is 2. The highest BCUT2D eigenvalue weighted by molar-refractivity contribution is 6.06. The van der Waals surface area contributed by atoms with Crippen LogP contribution in [0.2, 0.25) is 0 Å². The number of nitrogens with zero attached hydrogens (tertiary/aromatic N) is 3. The summed E-state index contributed by atoms with van der Waals surface area (Å²) in [6.45, 7) is 0. The summed E-state index contributed by atoms with van der Waals surface area (Å²) in [4.78, 5) is 36.4. The lowest BCUT2D eigenvalue weighted by atomic mass is 9.63. The highest BCUT2D eigenvalue weighted by Crippen LogP contribution is 2.65. The number of nitro groups is 1. The third kappa shape index (κ3) is 2.60. The van der Waals surface area contributed by atoms with E-state index >= 15 is 0 Å². The number of rotatable bonds is 5. The van der Waals surface area contributed by atoms with Gasteiger partial charge in [-0.25, -0.2) is 0 Å². The first-order chi connectivity index (χ1) is 15.5. The van der Waals surface area contributed by atoms with Gasteiger partial charge in [-0.05, 0) is 48.3 Å². The van der Waals surface area contributed by atoms with E-state index in [-0.39, 0.29) is 41.2 Å². The predicted octanol–water partition coefficient (Wildman–Crippen LogP) is 3.25. The molecule has 6 atom stereocenters. The third-order valence-corrected chi connectivity index (χ3v) is 7.23. The Kier molecular flexibility index (Phi) is 3.93. The first-order valence-corrected chi connectivity index (χ1v) is 10.5. The van der Waals surface area contributed by atoms with Crippen LogP contribution in [0.5, 0.6) is 5.75 Å². The number of carbonyl (C=O) groups excluding carboxylic acids is 2. The molecule has 9 nitrogen and oxygen atoms in total. The zero-order valence-electron chi connectivity index (χ0n) is 17.1. The summed E-state index contributed by atoms with van der Waals surface area (Å²) >= 11 is 0. The van der Waals surface area contributed by atoms with E-state index in [0.717, 1.165) is 11.4 Å². The van der Waals surface area contributed by atoms with E-state index in [9.17, 15) is 19.7 Å². The number of hydrazone groups is 1. The van der Waals surface area contributed by atoms with Crippen molar-refractivity contribution in [1.29, 1.82) is 0 Å². The van der Waals surface area contributed by atoms with E-state index in [1.165, 1.54) is 25.5 Å². The molecule has 7 rings (SSSR count). The maximum absolute atomic E-state index is 13.0. The minimum absolute atomic E-state index is 0.0902. The summed E-state index contributed by atoms with van der Waals surface area (Å²) in [5, 5.41) is 16.2. The molecule has 2 bridgehead atoms. The van der Waals surface area contributed by atoms with Gasteiger partial charge in [-0.2, -0.15) is 10.1 Å². The minimum atomic E-state index is -0.501. The molecule has 0 unspecified atom stereocenters. The second-order valence-electron chi connectivity index (χ2n) is 8.73. The number of benzene rings is 1. The molecule has 3 fully saturated rings. The lowest BCUT2D eigenvalue weighted by Crippen LogP contribution is -2.40. The van der Waals surface area contributed by atoms with Crippen LogP contribution in [-0.4, -0.2) is 35.1 Å². The molecule has 2 saturated carbocycles. The number of hydrogen-bond donors (Lipinski definition) is 0. The fourth-order valence-electron chi connectivity index (χ4n) is 5.73. The van der Waals surface area contributed by atoms with Crippen molar-refractivity contribution in [2.75, 3.05) is 7.11 Å². The van der Waals surface area contributed by atoms with Gasteiger partial charge in [0.05, 0.1) is 41.7 Å². The molecule has 162 valence electrons. The van der Waals surface area contributed by atoms with Crippen molar-refractivity contribution in [3.8, 4) is 17.1 Å². The zero-order chi connectivity index (χ0) is 22.1. The Morgan fingerprint density at radius 2 is 1.81 bits per heavy atom. The van der Waals surface area contributed by atoms with Crippen molar-refractivity contribution in [1.82, 2.24) is 5.01 Å². The molecule has 2 heterocycles. The Bertz CT molecular complexity index is 1190. The number of non-ortho nitro benzene ring substituents is 1. The van der Waals surface area contributed by atoms with Crippen LogP contribution in [0, 0.1) is 45.6 Å². The van der Waals surface area contributed by atoms with Gasteiger partial charge in [0.15, 0.2) is 0 Å². The van der Waals surface area contributed by atoms with E-state index < -0.39 is 4.92 Å². The molecule has 1 aromatic heterocycles. The molecule has 2 aromatic rings. The number of ether oxygens (including phenoxy) is 1. The number of hydrogen-bond acceptors (Lipinski definition) is 7. The summed E-state index contributed by atoms with van der Waals surface area (Å²) < 4.78 is 11.0. The molecule has 5 aliphatic rings. The predicted molar refractivity (Wildman–Crippen MR) is 111 cm³/mol. The molecule has 1 aliphatic heterocycles. The maximum Gasteiger partial charge on any atom is 0.273 e. The fraction of sp³-hybridized carbons (Fsp3) is 0.348. The van der Waals surface area contributed by atoms with Crippen LogP contribution >= 0.6 is 0 Å². The third-order valence-electron chi connectivity index (χ3n) is 7.23.